The van der Waals surface area contributed by atoms with Gasteiger partial charge in [0, 0.05) is 41.3 Å². The number of aliphatic imine (C=N–C) groups is 1. The Morgan fingerprint density at radius 3 is 2.63 bits per heavy atom. The van der Waals surface area contributed by atoms with E-state index in [0.29, 0.717) is 24.3 Å². The molecule has 0 aromatic heterocycles. The summed E-state index contributed by atoms with van der Waals surface area (Å²) in [4.78, 5) is 31.4. The highest BCUT2D eigenvalue weighted by molar-refractivity contribution is 7.98. The fourth-order valence-corrected chi connectivity index (χ4v) is 4.21. The van der Waals surface area contributed by atoms with Crippen LogP contribution in [0.3, 0.4) is 0 Å². The van der Waals surface area contributed by atoms with Gasteiger partial charge in [0.2, 0.25) is 0 Å². The Morgan fingerprint density at radius 2 is 1.96 bits per heavy atom. The van der Waals surface area contributed by atoms with E-state index in [1.165, 1.54) is 0 Å². The van der Waals surface area contributed by atoms with Crippen molar-refractivity contribution in [3.8, 4) is 0 Å². The molecule has 0 radical (unpaired) electrons. The second-order valence-corrected chi connectivity index (χ2v) is 7.66. The van der Waals surface area contributed by atoms with Crippen LogP contribution in [0.25, 0.3) is 0 Å². The van der Waals surface area contributed by atoms with E-state index in [1.54, 1.807) is 18.9 Å². The average Bonchev–Trinajstić information content (AvgIpc) is 2.67. The number of nitrogens with zero attached hydrogens (tertiary/aromatic N) is 1. The van der Waals surface area contributed by atoms with Crippen molar-refractivity contribution in [3.63, 3.8) is 0 Å². The summed E-state index contributed by atoms with van der Waals surface area (Å²) in [7, 11) is 1.56. The van der Waals surface area contributed by atoms with E-state index in [9.17, 15) is 9.59 Å². The highest BCUT2D eigenvalue weighted by Crippen LogP contribution is 2.43. The maximum Gasteiger partial charge on any atom is 0.315 e. The summed E-state index contributed by atoms with van der Waals surface area (Å²) in [5, 5.41) is 0. The summed E-state index contributed by atoms with van der Waals surface area (Å²) < 4.78 is 10.4. The molecule has 1 aromatic carbocycles. The van der Waals surface area contributed by atoms with E-state index < -0.39 is 5.92 Å². The number of esters is 1. The number of ketones is 1. The van der Waals surface area contributed by atoms with Gasteiger partial charge in [-0.3, -0.25) is 14.6 Å². The molecule has 1 heterocycles. The Labute approximate surface area is 164 Å². The normalized spacial score (nSPS) is 22.3. The van der Waals surface area contributed by atoms with E-state index in [1.807, 2.05) is 37.4 Å². The first-order valence-corrected chi connectivity index (χ1v) is 10.4. The van der Waals surface area contributed by atoms with Crippen molar-refractivity contribution >= 4 is 29.2 Å². The van der Waals surface area contributed by atoms with Crippen LogP contribution < -0.4 is 0 Å². The first-order chi connectivity index (χ1) is 13.1. The van der Waals surface area contributed by atoms with Gasteiger partial charge in [0.25, 0.3) is 0 Å². The highest BCUT2D eigenvalue weighted by Gasteiger charge is 2.43. The maximum absolute atomic E-state index is 12.9. The molecule has 1 aliphatic carbocycles. The zero-order valence-corrected chi connectivity index (χ0v) is 16.8. The van der Waals surface area contributed by atoms with Crippen LogP contribution in [0.2, 0.25) is 0 Å². The van der Waals surface area contributed by atoms with Gasteiger partial charge in [0.1, 0.15) is 12.5 Å². The van der Waals surface area contributed by atoms with Crippen molar-refractivity contribution < 1.29 is 19.1 Å². The highest BCUT2D eigenvalue weighted by atomic mass is 32.2. The smallest absolute Gasteiger partial charge is 0.315 e. The van der Waals surface area contributed by atoms with E-state index in [-0.39, 0.29) is 24.3 Å². The molecular weight excluding hydrogens is 362 g/mol. The van der Waals surface area contributed by atoms with Gasteiger partial charge in [0.15, 0.2) is 5.78 Å². The van der Waals surface area contributed by atoms with Gasteiger partial charge in [-0.1, -0.05) is 12.1 Å². The number of allylic oxidation sites excluding steroid dienone is 2. The Bertz CT molecular complexity index is 782. The van der Waals surface area contributed by atoms with Crippen LogP contribution in [-0.2, 0) is 19.1 Å². The fourth-order valence-electron chi connectivity index (χ4n) is 3.80. The Morgan fingerprint density at radius 1 is 1.22 bits per heavy atom. The lowest BCUT2D eigenvalue weighted by molar-refractivity contribution is -0.147. The number of hydrogen-bond acceptors (Lipinski definition) is 6. The van der Waals surface area contributed by atoms with Crippen LogP contribution in [0.15, 0.2) is 45.4 Å². The van der Waals surface area contributed by atoms with E-state index in [4.69, 9.17) is 9.47 Å². The lowest BCUT2D eigenvalue weighted by Gasteiger charge is -2.34. The number of hydrogen-bond donors (Lipinski definition) is 0. The SMILES string of the molecule is COCCOC(=O)C1C(C)=NC2=C(C(=O)CCC2)[C@H]1c1ccc(SC)cc1. The number of methoxy groups -OCH3 is 1. The van der Waals surface area contributed by atoms with Gasteiger partial charge in [-0.2, -0.15) is 0 Å². The molecule has 27 heavy (non-hydrogen) atoms. The monoisotopic (exact) mass is 387 g/mol. The quantitative estimate of drug-likeness (QED) is 0.422. The third-order valence-electron chi connectivity index (χ3n) is 5.10. The van der Waals surface area contributed by atoms with Gasteiger partial charge in [0.05, 0.1) is 6.61 Å². The van der Waals surface area contributed by atoms with Gasteiger partial charge >= 0.3 is 5.97 Å². The molecule has 6 heteroatoms. The van der Waals surface area contributed by atoms with Gasteiger partial charge < -0.3 is 9.47 Å². The number of carbonyl (C=O) groups is 2. The zero-order chi connectivity index (χ0) is 19.4. The van der Waals surface area contributed by atoms with Gasteiger partial charge in [-0.25, -0.2) is 0 Å². The molecule has 0 bridgehead atoms. The van der Waals surface area contributed by atoms with Crippen molar-refractivity contribution in [1.29, 1.82) is 0 Å². The Kier molecular flexibility index (Phi) is 6.50. The summed E-state index contributed by atoms with van der Waals surface area (Å²) >= 11 is 1.66. The minimum atomic E-state index is -0.581. The van der Waals surface area contributed by atoms with E-state index in [0.717, 1.165) is 29.0 Å². The molecule has 2 atom stereocenters. The topological polar surface area (TPSA) is 65.0 Å². The molecule has 0 saturated carbocycles. The molecule has 0 spiro atoms. The minimum Gasteiger partial charge on any atom is -0.463 e. The second-order valence-electron chi connectivity index (χ2n) is 6.78. The molecule has 0 amide bonds. The summed E-state index contributed by atoms with van der Waals surface area (Å²) in [5.74, 6) is -1.17. The van der Waals surface area contributed by atoms with Crippen LogP contribution >= 0.6 is 11.8 Å². The summed E-state index contributed by atoms with van der Waals surface area (Å²) in [6, 6.07) is 8.08. The standard InChI is InChI=1S/C21H25NO4S/c1-13-18(21(24)26-12-11-25-2)19(14-7-9-15(27-3)10-8-14)20-16(22-13)5-4-6-17(20)23/h7-10,18-19H,4-6,11-12H2,1-3H3/t18?,19-/m0/s1. The van der Waals surface area contributed by atoms with Gasteiger partial charge in [-0.15, -0.1) is 11.8 Å². The molecule has 5 nitrogen and oxygen atoms in total. The molecule has 1 aliphatic heterocycles. The predicted molar refractivity (Wildman–Crippen MR) is 106 cm³/mol. The van der Waals surface area contributed by atoms with Crippen molar-refractivity contribution in [1.82, 2.24) is 0 Å². The molecule has 2 aliphatic rings. The zero-order valence-electron chi connectivity index (χ0n) is 16.0. The number of ether oxygens (including phenoxy) is 2. The number of benzene rings is 1. The van der Waals surface area contributed by atoms with Crippen LogP contribution in [0, 0.1) is 5.92 Å². The minimum absolute atomic E-state index is 0.0983. The molecule has 1 aromatic rings. The third-order valence-corrected chi connectivity index (χ3v) is 5.84. The third kappa shape index (κ3) is 4.17. The second kappa shape index (κ2) is 8.85. The summed E-state index contributed by atoms with van der Waals surface area (Å²) in [6.07, 6.45) is 4.13. The molecule has 3 rings (SSSR count). The average molecular weight is 388 g/mol. The Hall–Kier alpha value is -1.92. The first-order valence-electron chi connectivity index (χ1n) is 9.17. The van der Waals surface area contributed by atoms with E-state index in [2.05, 4.69) is 4.99 Å². The maximum atomic E-state index is 12.9. The van der Waals surface area contributed by atoms with Crippen molar-refractivity contribution in [2.75, 3.05) is 26.6 Å². The van der Waals surface area contributed by atoms with Crippen LogP contribution in [0.1, 0.15) is 37.7 Å². The summed E-state index contributed by atoms with van der Waals surface area (Å²) in [6.45, 7) is 2.39. The molecule has 0 N–H and O–H groups in total. The first kappa shape index (κ1) is 19.8. The Balaban J connectivity index is 2.02. The molecule has 1 unspecified atom stereocenters. The molecule has 0 saturated heterocycles. The van der Waals surface area contributed by atoms with Crippen molar-refractivity contribution in [2.24, 2.45) is 10.9 Å². The van der Waals surface area contributed by atoms with Crippen molar-refractivity contribution in [3.05, 3.63) is 41.1 Å². The molecular formula is C21H25NO4S. The predicted octanol–water partition coefficient (Wildman–Crippen LogP) is 3.78. The summed E-state index contributed by atoms with van der Waals surface area (Å²) in [5.41, 5.74) is 3.20. The number of thioether (sulfide) groups is 1. The van der Waals surface area contributed by atoms with Crippen molar-refractivity contribution in [2.45, 2.75) is 37.0 Å². The fraction of sp³-hybridized carbons (Fsp3) is 0.476. The lowest BCUT2D eigenvalue weighted by atomic mass is 9.72. The lowest BCUT2D eigenvalue weighted by Crippen LogP contribution is -2.37. The largest absolute Gasteiger partial charge is 0.463 e. The number of carbonyl (C=O) groups excluding carboxylic acids is 2. The van der Waals surface area contributed by atoms with Crippen LogP contribution in [0.4, 0.5) is 0 Å². The van der Waals surface area contributed by atoms with Crippen LogP contribution in [-0.4, -0.2) is 44.0 Å². The number of rotatable bonds is 6. The molecule has 144 valence electrons. The number of Topliss-reactive ketones (excluding diaryl/α,β-unsaturated/α-hetero) is 1. The van der Waals surface area contributed by atoms with Crippen LogP contribution in [0.5, 0.6) is 0 Å². The van der Waals surface area contributed by atoms with E-state index >= 15 is 0 Å². The molecule has 0 fully saturated rings. The van der Waals surface area contributed by atoms with Gasteiger partial charge in [-0.05, 0) is 43.7 Å².